The van der Waals surface area contributed by atoms with Crippen LogP contribution in [-0.4, -0.2) is 14.3 Å². The standard InChI is InChI=1S/C22H21FN2O3S/c1-15-7-6-10-21(16(15)2)25-22(26)19-13-18(11-12-20(19)23)29(27,28)24-14-17-8-4-3-5-9-17/h3-13,24H,14H2,1-2H3,(H,25,26). The first-order valence-corrected chi connectivity index (χ1v) is 10.5. The fourth-order valence-corrected chi connectivity index (χ4v) is 3.82. The van der Waals surface area contributed by atoms with Crippen LogP contribution in [0.1, 0.15) is 27.0 Å². The van der Waals surface area contributed by atoms with E-state index in [0.717, 1.165) is 34.9 Å². The SMILES string of the molecule is Cc1cccc(NC(=O)c2cc(S(=O)(=O)NCc3ccccc3)ccc2F)c1C. The predicted octanol–water partition coefficient (Wildman–Crippen LogP) is 4.17. The van der Waals surface area contributed by atoms with E-state index in [-0.39, 0.29) is 17.0 Å². The molecule has 7 heteroatoms. The lowest BCUT2D eigenvalue weighted by Gasteiger charge is -2.12. The van der Waals surface area contributed by atoms with Gasteiger partial charge in [-0.3, -0.25) is 4.79 Å². The van der Waals surface area contributed by atoms with Gasteiger partial charge in [0.15, 0.2) is 0 Å². The van der Waals surface area contributed by atoms with Crippen molar-refractivity contribution in [3.63, 3.8) is 0 Å². The molecule has 3 aromatic rings. The molecule has 0 aliphatic heterocycles. The van der Waals surface area contributed by atoms with Gasteiger partial charge in [-0.05, 0) is 54.8 Å². The molecule has 0 bridgehead atoms. The van der Waals surface area contributed by atoms with Crippen LogP contribution in [-0.2, 0) is 16.6 Å². The summed E-state index contributed by atoms with van der Waals surface area (Å²) in [4.78, 5) is 12.4. The Hall–Kier alpha value is -3.03. The molecule has 2 N–H and O–H groups in total. The van der Waals surface area contributed by atoms with Crippen molar-refractivity contribution in [1.82, 2.24) is 4.72 Å². The number of carbonyl (C=O) groups is 1. The number of carbonyl (C=O) groups excluding carboxylic acids is 1. The molecule has 3 aromatic carbocycles. The second-order valence-corrected chi connectivity index (χ2v) is 8.42. The summed E-state index contributed by atoms with van der Waals surface area (Å²) in [5.41, 5.74) is 2.82. The van der Waals surface area contributed by atoms with Crippen LogP contribution >= 0.6 is 0 Å². The van der Waals surface area contributed by atoms with Gasteiger partial charge in [0.05, 0.1) is 10.5 Å². The fraction of sp³-hybridized carbons (Fsp3) is 0.136. The minimum absolute atomic E-state index is 0.0879. The van der Waals surface area contributed by atoms with E-state index < -0.39 is 21.7 Å². The Kier molecular flexibility index (Phi) is 6.10. The summed E-state index contributed by atoms with van der Waals surface area (Å²) in [5.74, 6) is -1.51. The van der Waals surface area contributed by atoms with E-state index in [1.807, 2.05) is 26.0 Å². The first kappa shape index (κ1) is 20.7. The average molecular weight is 412 g/mol. The summed E-state index contributed by atoms with van der Waals surface area (Å²) in [5, 5.41) is 2.65. The van der Waals surface area contributed by atoms with Crippen LogP contribution in [0.5, 0.6) is 0 Å². The Morgan fingerprint density at radius 2 is 1.69 bits per heavy atom. The van der Waals surface area contributed by atoms with Gasteiger partial charge in [-0.1, -0.05) is 42.5 Å². The van der Waals surface area contributed by atoms with Gasteiger partial charge < -0.3 is 5.32 Å². The Balaban J connectivity index is 1.83. The highest BCUT2D eigenvalue weighted by molar-refractivity contribution is 7.89. The molecule has 150 valence electrons. The number of amides is 1. The fourth-order valence-electron chi connectivity index (χ4n) is 2.78. The Morgan fingerprint density at radius 1 is 0.966 bits per heavy atom. The first-order valence-electron chi connectivity index (χ1n) is 8.98. The number of hydrogen-bond donors (Lipinski definition) is 2. The van der Waals surface area contributed by atoms with Crippen LogP contribution in [0.25, 0.3) is 0 Å². The number of rotatable bonds is 6. The lowest BCUT2D eigenvalue weighted by atomic mass is 10.1. The zero-order valence-electron chi connectivity index (χ0n) is 16.1. The lowest BCUT2D eigenvalue weighted by Crippen LogP contribution is -2.24. The molecule has 0 fully saturated rings. The highest BCUT2D eigenvalue weighted by Crippen LogP contribution is 2.21. The van der Waals surface area contributed by atoms with E-state index in [4.69, 9.17) is 0 Å². The van der Waals surface area contributed by atoms with Crippen molar-refractivity contribution in [2.24, 2.45) is 0 Å². The van der Waals surface area contributed by atoms with E-state index in [1.165, 1.54) is 0 Å². The van der Waals surface area contributed by atoms with Crippen molar-refractivity contribution in [3.05, 3.63) is 94.8 Å². The van der Waals surface area contributed by atoms with Crippen LogP contribution in [0.3, 0.4) is 0 Å². The molecule has 0 radical (unpaired) electrons. The van der Waals surface area contributed by atoms with Crippen LogP contribution < -0.4 is 10.0 Å². The van der Waals surface area contributed by atoms with Gasteiger partial charge in [0.2, 0.25) is 10.0 Å². The van der Waals surface area contributed by atoms with Gasteiger partial charge in [-0.25, -0.2) is 17.5 Å². The van der Waals surface area contributed by atoms with Crippen molar-refractivity contribution >= 4 is 21.6 Å². The molecular formula is C22H21FN2O3S. The van der Waals surface area contributed by atoms with Gasteiger partial charge in [0.25, 0.3) is 5.91 Å². The number of hydrogen-bond acceptors (Lipinski definition) is 3. The molecule has 0 aliphatic rings. The second-order valence-electron chi connectivity index (χ2n) is 6.65. The maximum atomic E-state index is 14.3. The lowest BCUT2D eigenvalue weighted by molar-refractivity contribution is 0.102. The number of sulfonamides is 1. The molecule has 0 unspecified atom stereocenters. The van der Waals surface area contributed by atoms with Gasteiger partial charge in [0, 0.05) is 12.2 Å². The van der Waals surface area contributed by atoms with E-state index in [9.17, 15) is 17.6 Å². The van der Waals surface area contributed by atoms with Gasteiger partial charge in [-0.15, -0.1) is 0 Å². The zero-order valence-corrected chi connectivity index (χ0v) is 16.9. The van der Waals surface area contributed by atoms with Crippen molar-refractivity contribution in [1.29, 1.82) is 0 Å². The van der Waals surface area contributed by atoms with Crippen molar-refractivity contribution < 1.29 is 17.6 Å². The highest BCUT2D eigenvalue weighted by Gasteiger charge is 2.20. The molecule has 1 amide bonds. The summed E-state index contributed by atoms with van der Waals surface area (Å²) in [7, 11) is -3.92. The topological polar surface area (TPSA) is 75.3 Å². The Labute approximate surface area is 169 Å². The minimum Gasteiger partial charge on any atom is -0.322 e. The summed E-state index contributed by atoms with van der Waals surface area (Å²) in [6, 6.07) is 17.6. The smallest absolute Gasteiger partial charge is 0.258 e. The molecule has 0 saturated heterocycles. The molecule has 0 heterocycles. The molecule has 0 atom stereocenters. The summed E-state index contributed by atoms with van der Waals surface area (Å²) in [6.45, 7) is 3.83. The molecule has 29 heavy (non-hydrogen) atoms. The maximum Gasteiger partial charge on any atom is 0.258 e. The van der Waals surface area contributed by atoms with Gasteiger partial charge >= 0.3 is 0 Å². The molecule has 5 nitrogen and oxygen atoms in total. The predicted molar refractivity (Wildman–Crippen MR) is 111 cm³/mol. The molecule has 0 aromatic heterocycles. The number of nitrogens with one attached hydrogen (secondary N) is 2. The zero-order chi connectivity index (χ0) is 21.0. The molecule has 0 spiro atoms. The first-order chi connectivity index (χ1) is 13.8. The van der Waals surface area contributed by atoms with Crippen LogP contribution in [0.15, 0.2) is 71.6 Å². The summed E-state index contributed by atoms with van der Waals surface area (Å²) < 4.78 is 41.9. The summed E-state index contributed by atoms with van der Waals surface area (Å²) in [6.07, 6.45) is 0. The third kappa shape index (κ3) is 4.88. The molecule has 0 aliphatic carbocycles. The largest absolute Gasteiger partial charge is 0.322 e. The van der Waals surface area contributed by atoms with Crippen LogP contribution in [0, 0.1) is 19.7 Å². The van der Waals surface area contributed by atoms with E-state index >= 15 is 0 Å². The maximum absolute atomic E-state index is 14.3. The quantitative estimate of drug-likeness (QED) is 0.638. The third-order valence-electron chi connectivity index (χ3n) is 4.65. The van der Waals surface area contributed by atoms with Crippen LogP contribution in [0.2, 0.25) is 0 Å². The third-order valence-corrected chi connectivity index (χ3v) is 6.05. The summed E-state index contributed by atoms with van der Waals surface area (Å²) >= 11 is 0. The number of aryl methyl sites for hydroxylation is 1. The van der Waals surface area contributed by atoms with E-state index in [1.54, 1.807) is 36.4 Å². The van der Waals surface area contributed by atoms with Gasteiger partial charge in [-0.2, -0.15) is 0 Å². The number of halogens is 1. The molecular weight excluding hydrogens is 391 g/mol. The highest BCUT2D eigenvalue weighted by atomic mass is 32.2. The van der Waals surface area contributed by atoms with Crippen molar-refractivity contribution in [2.45, 2.75) is 25.3 Å². The normalized spacial score (nSPS) is 11.3. The minimum atomic E-state index is -3.92. The second kappa shape index (κ2) is 8.55. The average Bonchev–Trinajstić information content (AvgIpc) is 2.71. The van der Waals surface area contributed by atoms with Gasteiger partial charge in [0.1, 0.15) is 5.82 Å². The van der Waals surface area contributed by atoms with E-state index in [2.05, 4.69) is 10.0 Å². The number of anilines is 1. The van der Waals surface area contributed by atoms with E-state index in [0.29, 0.717) is 5.69 Å². The molecule has 3 rings (SSSR count). The van der Waals surface area contributed by atoms with Crippen molar-refractivity contribution in [2.75, 3.05) is 5.32 Å². The van der Waals surface area contributed by atoms with Crippen LogP contribution in [0.4, 0.5) is 10.1 Å². The number of benzene rings is 3. The molecule has 0 saturated carbocycles. The Bertz CT molecular complexity index is 1150. The van der Waals surface area contributed by atoms with Crippen molar-refractivity contribution in [3.8, 4) is 0 Å². The monoisotopic (exact) mass is 412 g/mol. The Morgan fingerprint density at radius 3 is 2.41 bits per heavy atom.